The predicted molar refractivity (Wildman–Crippen MR) is 130 cm³/mol. The summed E-state index contributed by atoms with van der Waals surface area (Å²) in [5, 5.41) is 3.92. The second-order valence-corrected chi connectivity index (χ2v) is 9.43. The lowest BCUT2D eigenvalue weighted by atomic mass is 9.97. The smallest absolute Gasteiger partial charge is 0.337 e. The number of hydrogen-bond donors (Lipinski definition) is 1. The van der Waals surface area contributed by atoms with Crippen LogP contribution in [0, 0.1) is 0 Å². The van der Waals surface area contributed by atoms with Crippen molar-refractivity contribution in [2.75, 3.05) is 12.9 Å². The first kappa shape index (κ1) is 24.1. The molecule has 0 aliphatic heterocycles. The Labute approximate surface area is 202 Å². The molecule has 1 fully saturated rings. The molecule has 34 heavy (non-hydrogen) atoms. The van der Waals surface area contributed by atoms with Gasteiger partial charge in [0.1, 0.15) is 5.76 Å². The maximum atomic E-state index is 13.3. The van der Waals surface area contributed by atoms with Gasteiger partial charge in [-0.2, -0.15) is 0 Å². The van der Waals surface area contributed by atoms with E-state index in [1.165, 1.54) is 42.7 Å². The zero-order valence-electron chi connectivity index (χ0n) is 19.2. The molecule has 0 saturated heterocycles. The van der Waals surface area contributed by atoms with E-state index in [9.17, 15) is 14.4 Å². The maximum absolute atomic E-state index is 13.3. The zero-order chi connectivity index (χ0) is 23.9. The number of methoxy groups -OCH3 is 1. The molecule has 0 radical (unpaired) electrons. The van der Waals surface area contributed by atoms with Crippen molar-refractivity contribution in [2.24, 2.45) is 0 Å². The van der Waals surface area contributed by atoms with Crippen molar-refractivity contribution in [3.05, 3.63) is 58.3 Å². The van der Waals surface area contributed by atoms with Crippen molar-refractivity contribution in [3.63, 3.8) is 0 Å². The quantitative estimate of drug-likeness (QED) is 0.306. The normalized spacial score (nSPS) is 15.0. The van der Waals surface area contributed by atoms with E-state index < -0.39 is 5.97 Å². The fourth-order valence-electron chi connectivity index (χ4n) is 4.25. The van der Waals surface area contributed by atoms with Gasteiger partial charge in [0.25, 0.3) is 5.56 Å². The molecule has 1 N–H and O–H groups in total. The fourth-order valence-corrected chi connectivity index (χ4v) is 5.06. The molecule has 0 atom stereocenters. The number of aromatic nitrogens is 2. The highest BCUT2D eigenvalue weighted by Gasteiger charge is 2.18. The number of esters is 1. The SMILES string of the molecule is COC(=O)c1ccc2c(=O)n(Cc3ccco3)c(SCC(=O)NC3CCCCCCC3)nc2c1. The highest BCUT2D eigenvalue weighted by molar-refractivity contribution is 7.99. The van der Waals surface area contributed by atoms with Crippen LogP contribution in [-0.2, 0) is 16.1 Å². The largest absolute Gasteiger partial charge is 0.467 e. The van der Waals surface area contributed by atoms with Gasteiger partial charge in [-0.15, -0.1) is 0 Å². The molecule has 0 unspecified atom stereocenters. The van der Waals surface area contributed by atoms with Gasteiger partial charge in [-0.1, -0.05) is 43.9 Å². The molecule has 1 amide bonds. The minimum Gasteiger partial charge on any atom is -0.467 e. The second-order valence-electron chi connectivity index (χ2n) is 8.49. The fraction of sp³-hybridized carbons (Fsp3) is 0.440. The number of carbonyl (C=O) groups is 2. The van der Waals surface area contributed by atoms with Crippen LogP contribution in [0.4, 0.5) is 0 Å². The second kappa shape index (κ2) is 11.4. The van der Waals surface area contributed by atoms with E-state index in [2.05, 4.69) is 10.3 Å². The van der Waals surface area contributed by atoms with Gasteiger partial charge in [-0.25, -0.2) is 9.78 Å². The van der Waals surface area contributed by atoms with Crippen LogP contribution < -0.4 is 10.9 Å². The standard InChI is InChI=1S/C25H29N3O5S/c1-32-24(31)17-11-12-20-21(14-17)27-25(28(23(20)30)15-19-10-7-13-33-19)34-16-22(29)26-18-8-5-3-2-4-6-9-18/h7,10-14,18H,2-6,8-9,15-16H2,1H3,(H,26,29). The van der Waals surface area contributed by atoms with Crippen LogP contribution in [0.3, 0.4) is 0 Å². The number of furan rings is 1. The van der Waals surface area contributed by atoms with Crippen molar-refractivity contribution in [1.82, 2.24) is 14.9 Å². The molecule has 3 aromatic rings. The number of nitrogens with one attached hydrogen (secondary N) is 1. The molecule has 2 aromatic heterocycles. The zero-order valence-corrected chi connectivity index (χ0v) is 20.1. The van der Waals surface area contributed by atoms with Gasteiger partial charge in [-0.3, -0.25) is 14.2 Å². The first-order valence-corrected chi connectivity index (χ1v) is 12.6. The topological polar surface area (TPSA) is 103 Å². The van der Waals surface area contributed by atoms with E-state index in [1.54, 1.807) is 36.6 Å². The van der Waals surface area contributed by atoms with Gasteiger partial charge in [0.15, 0.2) is 5.16 Å². The summed E-state index contributed by atoms with van der Waals surface area (Å²) in [6, 6.07) is 8.40. The Morgan fingerprint density at radius 3 is 2.65 bits per heavy atom. The Hall–Kier alpha value is -3.07. The molecule has 1 aliphatic rings. The van der Waals surface area contributed by atoms with E-state index in [-0.39, 0.29) is 29.8 Å². The Bertz CT molecular complexity index is 1200. The molecule has 0 spiro atoms. The molecule has 8 nitrogen and oxygen atoms in total. The van der Waals surface area contributed by atoms with Crippen LogP contribution in [0.2, 0.25) is 0 Å². The van der Waals surface area contributed by atoms with Crippen LogP contribution in [0.5, 0.6) is 0 Å². The number of thioether (sulfide) groups is 1. The Balaban J connectivity index is 1.58. The molecule has 1 aromatic carbocycles. The number of hydrogen-bond acceptors (Lipinski definition) is 7. The molecule has 180 valence electrons. The van der Waals surface area contributed by atoms with Crippen molar-refractivity contribution in [3.8, 4) is 0 Å². The minimum absolute atomic E-state index is 0.0715. The van der Waals surface area contributed by atoms with Crippen molar-refractivity contribution in [1.29, 1.82) is 0 Å². The van der Waals surface area contributed by atoms with Crippen LogP contribution >= 0.6 is 11.8 Å². The summed E-state index contributed by atoms with van der Waals surface area (Å²) in [5.41, 5.74) is 0.427. The summed E-state index contributed by atoms with van der Waals surface area (Å²) in [5.74, 6) is 0.174. The maximum Gasteiger partial charge on any atom is 0.337 e. The number of rotatable bonds is 7. The summed E-state index contributed by atoms with van der Waals surface area (Å²) < 4.78 is 11.7. The molecular formula is C25H29N3O5S. The van der Waals surface area contributed by atoms with Crippen molar-refractivity contribution < 1.29 is 18.7 Å². The molecule has 1 saturated carbocycles. The number of nitrogens with zero attached hydrogens (tertiary/aromatic N) is 2. The Morgan fingerprint density at radius 2 is 1.94 bits per heavy atom. The van der Waals surface area contributed by atoms with Gasteiger partial charge in [-0.05, 0) is 43.2 Å². The number of benzene rings is 1. The van der Waals surface area contributed by atoms with E-state index in [4.69, 9.17) is 9.15 Å². The molecule has 4 rings (SSSR count). The number of carbonyl (C=O) groups excluding carboxylic acids is 2. The van der Waals surface area contributed by atoms with E-state index in [1.807, 2.05) is 0 Å². The van der Waals surface area contributed by atoms with Crippen molar-refractivity contribution in [2.45, 2.75) is 62.7 Å². The van der Waals surface area contributed by atoms with E-state index >= 15 is 0 Å². The third kappa shape index (κ3) is 5.88. The molecule has 9 heteroatoms. The third-order valence-electron chi connectivity index (χ3n) is 6.04. The van der Waals surface area contributed by atoms with E-state index in [0.29, 0.717) is 27.4 Å². The molecule has 0 bridgehead atoms. The number of amides is 1. The summed E-state index contributed by atoms with van der Waals surface area (Å²) in [7, 11) is 1.30. The number of fused-ring (bicyclic) bond motifs is 1. The van der Waals surface area contributed by atoms with Gasteiger partial charge in [0.05, 0.1) is 42.1 Å². The summed E-state index contributed by atoms with van der Waals surface area (Å²) in [6.45, 7) is 0.195. The van der Waals surface area contributed by atoms with Crippen LogP contribution in [0.15, 0.2) is 51.0 Å². The van der Waals surface area contributed by atoms with Crippen LogP contribution in [-0.4, -0.2) is 40.3 Å². The van der Waals surface area contributed by atoms with Crippen molar-refractivity contribution >= 4 is 34.5 Å². The summed E-state index contributed by atoms with van der Waals surface area (Å²) in [6.07, 6.45) is 9.53. The predicted octanol–water partition coefficient (Wildman–Crippen LogP) is 4.15. The Kier molecular flexibility index (Phi) is 8.05. The molecule has 2 heterocycles. The Morgan fingerprint density at radius 1 is 1.18 bits per heavy atom. The lowest BCUT2D eigenvalue weighted by Gasteiger charge is -2.21. The van der Waals surface area contributed by atoms with Crippen LogP contribution in [0.1, 0.15) is 61.1 Å². The average Bonchev–Trinajstić information content (AvgIpc) is 3.34. The highest BCUT2D eigenvalue weighted by atomic mass is 32.2. The third-order valence-corrected chi connectivity index (χ3v) is 7.01. The average molecular weight is 484 g/mol. The molecular weight excluding hydrogens is 454 g/mol. The van der Waals surface area contributed by atoms with Gasteiger partial charge >= 0.3 is 5.97 Å². The monoisotopic (exact) mass is 483 g/mol. The highest BCUT2D eigenvalue weighted by Crippen LogP contribution is 2.21. The summed E-state index contributed by atoms with van der Waals surface area (Å²) in [4.78, 5) is 42.6. The van der Waals surface area contributed by atoms with E-state index in [0.717, 1.165) is 25.7 Å². The molecule has 1 aliphatic carbocycles. The van der Waals surface area contributed by atoms with Gasteiger partial charge < -0.3 is 14.5 Å². The first-order chi connectivity index (χ1) is 16.5. The van der Waals surface area contributed by atoms with Gasteiger partial charge in [0, 0.05) is 6.04 Å². The summed E-state index contributed by atoms with van der Waals surface area (Å²) >= 11 is 1.21. The number of ether oxygens (including phenoxy) is 1. The van der Waals surface area contributed by atoms with Gasteiger partial charge in [0.2, 0.25) is 5.91 Å². The minimum atomic E-state index is -0.503. The van der Waals surface area contributed by atoms with Crippen LogP contribution in [0.25, 0.3) is 10.9 Å². The lowest BCUT2D eigenvalue weighted by Crippen LogP contribution is -2.36. The lowest BCUT2D eigenvalue weighted by molar-refractivity contribution is -0.119. The first-order valence-electron chi connectivity index (χ1n) is 11.6.